The van der Waals surface area contributed by atoms with Crippen molar-refractivity contribution < 1.29 is 18.9 Å². The number of nitrogens with zero attached hydrogens (tertiary/aromatic N) is 3. The summed E-state index contributed by atoms with van der Waals surface area (Å²) in [6.07, 6.45) is 2.47. The summed E-state index contributed by atoms with van der Waals surface area (Å²) >= 11 is 0. The summed E-state index contributed by atoms with van der Waals surface area (Å²) in [4.78, 5) is 0. The molecule has 0 bridgehead atoms. The van der Waals surface area contributed by atoms with Crippen molar-refractivity contribution in [1.29, 1.82) is 0 Å². The average molecular weight is 181 g/mol. The Morgan fingerprint density at radius 3 is 2.71 bits per heavy atom. The van der Waals surface area contributed by atoms with Crippen LogP contribution in [0.5, 0.6) is 0 Å². The standard InChI is InChI=1S/C10H12N3.Li/c1-2-6-10(7-3-1)11-12-13-8-4-5-9-13;/h1-2,6-7H,4-5,8-9H2;/q-1;+1. The quantitative estimate of drug-likeness (QED) is 0.346. The van der Waals surface area contributed by atoms with Gasteiger partial charge >= 0.3 is 18.9 Å². The van der Waals surface area contributed by atoms with Gasteiger partial charge in [-0.2, -0.15) is 29.4 Å². The molecular weight excluding hydrogens is 169 g/mol. The van der Waals surface area contributed by atoms with E-state index in [4.69, 9.17) is 0 Å². The Hall–Kier alpha value is -0.783. The van der Waals surface area contributed by atoms with Crippen LogP contribution in [0.4, 0.5) is 5.69 Å². The van der Waals surface area contributed by atoms with Gasteiger partial charge in [0.1, 0.15) is 0 Å². The molecule has 1 aromatic rings. The third-order valence-electron chi connectivity index (χ3n) is 2.06. The first-order chi connectivity index (χ1) is 6.45. The summed E-state index contributed by atoms with van der Waals surface area (Å²) in [6.45, 7) is 2.08. The maximum Gasteiger partial charge on any atom is 1.00 e. The van der Waals surface area contributed by atoms with Crippen LogP contribution in [0.3, 0.4) is 0 Å². The molecule has 0 unspecified atom stereocenters. The first-order valence-corrected chi connectivity index (χ1v) is 4.58. The van der Waals surface area contributed by atoms with Crippen LogP contribution in [0, 0.1) is 6.07 Å². The van der Waals surface area contributed by atoms with Crippen LogP contribution in [-0.4, -0.2) is 18.1 Å². The van der Waals surface area contributed by atoms with Crippen LogP contribution in [0.2, 0.25) is 0 Å². The Bertz CT molecular complexity index is 281. The molecule has 1 aliphatic heterocycles. The van der Waals surface area contributed by atoms with Gasteiger partial charge in [0.2, 0.25) is 0 Å². The topological polar surface area (TPSA) is 28.0 Å². The van der Waals surface area contributed by atoms with Crippen LogP contribution in [0.1, 0.15) is 12.8 Å². The molecule has 0 saturated carbocycles. The molecule has 0 N–H and O–H groups in total. The second kappa shape index (κ2) is 5.85. The molecule has 4 heteroatoms. The third kappa shape index (κ3) is 3.17. The molecule has 68 valence electrons. The molecule has 0 radical (unpaired) electrons. The van der Waals surface area contributed by atoms with E-state index < -0.39 is 0 Å². The molecule has 0 aliphatic carbocycles. The van der Waals surface area contributed by atoms with Gasteiger partial charge in [0, 0.05) is 13.1 Å². The maximum absolute atomic E-state index is 4.13. The van der Waals surface area contributed by atoms with E-state index in [9.17, 15) is 0 Å². The number of hydrogen-bond acceptors (Lipinski definition) is 2. The summed E-state index contributed by atoms with van der Waals surface area (Å²) < 4.78 is 0. The van der Waals surface area contributed by atoms with Gasteiger partial charge in [-0.3, -0.25) is 5.01 Å². The van der Waals surface area contributed by atoms with Crippen molar-refractivity contribution in [2.45, 2.75) is 12.8 Å². The van der Waals surface area contributed by atoms with Gasteiger partial charge in [0.25, 0.3) is 0 Å². The van der Waals surface area contributed by atoms with Crippen LogP contribution in [0.25, 0.3) is 0 Å². The first-order valence-electron chi connectivity index (χ1n) is 4.58. The third-order valence-corrected chi connectivity index (χ3v) is 2.06. The molecule has 0 aromatic heterocycles. The molecule has 0 amide bonds. The Balaban J connectivity index is 0.000000980. The molecule has 3 nitrogen and oxygen atoms in total. The zero-order chi connectivity index (χ0) is 8.93. The van der Waals surface area contributed by atoms with Crippen LogP contribution in [0.15, 0.2) is 34.6 Å². The van der Waals surface area contributed by atoms with Crippen molar-refractivity contribution >= 4 is 5.69 Å². The van der Waals surface area contributed by atoms with Gasteiger partial charge in [0.15, 0.2) is 0 Å². The van der Waals surface area contributed by atoms with E-state index in [-0.39, 0.29) is 18.9 Å². The molecule has 1 fully saturated rings. The summed E-state index contributed by atoms with van der Waals surface area (Å²) in [5, 5.41) is 10.2. The summed E-state index contributed by atoms with van der Waals surface area (Å²) in [7, 11) is 0. The number of hydrogen-bond donors (Lipinski definition) is 0. The zero-order valence-corrected chi connectivity index (χ0v) is 8.48. The van der Waals surface area contributed by atoms with Gasteiger partial charge in [-0.25, -0.2) is 0 Å². The van der Waals surface area contributed by atoms with Crippen LogP contribution >= 0.6 is 0 Å². The van der Waals surface area contributed by atoms with E-state index in [2.05, 4.69) is 16.4 Å². The Labute approximate surface area is 96.4 Å². The van der Waals surface area contributed by atoms with Crippen molar-refractivity contribution in [3.63, 3.8) is 0 Å². The fourth-order valence-electron chi connectivity index (χ4n) is 1.35. The minimum atomic E-state index is 0. The monoisotopic (exact) mass is 181 g/mol. The minimum Gasteiger partial charge on any atom is -0.279 e. The van der Waals surface area contributed by atoms with Gasteiger partial charge in [0.05, 0.1) is 0 Å². The molecular formula is C10H12LiN3. The minimum absolute atomic E-state index is 0. The van der Waals surface area contributed by atoms with Crippen LogP contribution < -0.4 is 18.9 Å². The van der Waals surface area contributed by atoms with Gasteiger partial charge in [-0.05, 0) is 18.5 Å². The van der Waals surface area contributed by atoms with E-state index in [1.807, 2.05) is 29.3 Å². The van der Waals surface area contributed by atoms with E-state index in [0.717, 1.165) is 18.8 Å². The van der Waals surface area contributed by atoms with Crippen molar-refractivity contribution in [2.75, 3.05) is 13.1 Å². The number of benzene rings is 1. The Morgan fingerprint density at radius 1 is 1.29 bits per heavy atom. The van der Waals surface area contributed by atoms with Gasteiger partial charge < -0.3 is 0 Å². The first kappa shape index (κ1) is 11.3. The van der Waals surface area contributed by atoms with E-state index in [1.54, 1.807) is 0 Å². The zero-order valence-electron chi connectivity index (χ0n) is 8.48. The largest absolute Gasteiger partial charge is 1.00 e. The fraction of sp³-hybridized carbons (Fsp3) is 0.400. The van der Waals surface area contributed by atoms with E-state index in [1.165, 1.54) is 12.8 Å². The van der Waals surface area contributed by atoms with E-state index in [0.29, 0.717) is 0 Å². The fourth-order valence-corrected chi connectivity index (χ4v) is 1.35. The molecule has 0 spiro atoms. The van der Waals surface area contributed by atoms with Crippen molar-refractivity contribution in [3.05, 3.63) is 30.3 Å². The second-order valence-corrected chi connectivity index (χ2v) is 3.11. The molecule has 1 saturated heterocycles. The predicted molar refractivity (Wildman–Crippen MR) is 50.6 cm³/mol. The molecule has 1 heterocycles. The van der Waals surface area contributed by atoms with Crippen LogP contribution in [-0.2, 0) is 0 Å². The normalized spacial score (nSPS) is 15.9. The second-order valence-electron chi connectivity index (χ2n) is 3.11. The van der Waals surface area contributed by atoms with Crippen molar-refractivity contribution in [3.8, 4) is 0 Å². The number of rotatable bonds is 2. The molecule has 1 aromatic carbocycles. The van der Waals surface area contributed by atoms with Crippen molar-refractivity contribution in [1.82, 2.24) is 5.01 Å². The van der Waals surface area contributed by atoms with Gasteiger partial charge in [-0.15, -0.1) is 6.07 Å². The maximum atomic E-state index is 4.13. The predicted octanol–water partition coefficient (Wildman–Crippen LogP) is -0.415. The molecule has 2 rings (SSSR count). The Kier molecular flexibility index (Phi) is 4.72. The van der Waals surface area contributed by atoms with E-state index >= 15 is 0 Å². The molecule has 0 atom stereocenters. The Morgan fingerprint density at radius 2 is 2.07 bits per heavy atom. The molecule has 14 heavy (non-hydrogen) atoms. The van der Waals surface area contributed by atoms with Gasteiger partial charge in [-0.1, -0.05) is 5.22 Å². The average Bonchev–Trinajstić information content (AvgIpc) is 2.69. The SMILES string of the molecule is [Li+].[c-]1cccc(N=NN2CCCC2)c1. The smallest absolute Gasteiger partial charge is 0.279 e. The molecule has 1 aliphatic rings. The summed E-state index contributed by atoms with van der Waals surface area (Å²) in [5.74, 6) is 0. The summed E-state index contributed by atoms with van der Waals surface area (Å²) in [5.41, 5.74) is 0.870. The summed E-state index contributed by atoms with van der Waals surface area (Å²) in [6, 6.07) is 10.5. The van der Waals surface area contributed by atoms with Crippen molar-refractivity contribution in [2.24, 2.45) is 10.3 Å².